The predicted molar refractivity (Wildman–Crippen MR) is 37.8 cm³/mol. The molecule has 0 bridgehead atoms. The number of rotatable bonds is 2. The fourth-order valence-electron chi connectivity index (χ4n) is 0.380. The van der Waals surface area contributed by atoms with Crippen LogP contribution < -0.4 is 0 Å². The van der Waals surface area contributed by atoms with Crippen molar-refractivity contribution in [3.05, 3.63) is 12.2 Å². The van der Waals surface area contributed by atoms with E-state index in [9.17, 15) is 0 Å². The standard InChI is InChI=1S/C6H11Br/c1-3-4-6(2)5-7/h3-4,6H,5H2,1-2H3. The van der Waals surface area contributed by atoms with Crippen molar-refractivity contribution in [3.8, 4) is 0 Å². The van der Waals surface area contributed by atoms with Crippen molar-refractivity contribution < 1.29 is 0 Å². The zero-order chi connectivity index (χ0) is 5.70. The summed E-state index contributed by atoms with van der Waals surface area (Å²) in [4.78, 5) is 0. The van der Waals surface area contributed by atoms with Crippen molar-refractivity contribution in [2.24, 2.45) is 5.92 Å². The van der Waals surface area contributed by atoms with E-state index in [0.29, 0.717) is 5.92 Å². The van der Waals surface area contributed by atoms with Gasteiger partial charge in [0.2, 0.25) is 0 Å². The van der Waals surface area contributed by atoms with Gasteiger partial charge in [0.15, 0.2) is 0 Å². The maximum Gasteiger partial charge on any atom is 0.00916 e. The van der Waals surface area contributed by atoms with Crippen LogP contribution in [-0.4, -0.2) is 5.33 Å². The predicted octanol–water partition coefficient (Wildman–Crippen LogP) is 2.59. The SMILES string of the molecule is CC=CC(C)CBr. The minimum absolute atomic E-state index is 0.685. The fourth-order valence-corrected chi connectivity index (χ4v) is 0.596. The van der Waals surface area contributed by atoms with Crippen LogP contribution in [0, 0.1) is 5.92 Å². The zero-order valence-electron chi connectivity index (χ0n) is 4.82. The molecule has 0 saturated heterocycles. The van der Waals surface area contributed by atoms with E-state index in [4.69, 9.17) is 0 Å². The molecule has 0 rings (SSSR count). The zero-order valence-corrected chi connectivity index (χ0v) is 6.40. The highest BCUT2D eigenvalue weighted by atomic mass is 79.9. The summed E-state index contributed by atoms with van der Waals surface area (Å²) >= 11 is 3.36. The molecule has 1 heteroatoms. The van der Waals surface area contributed by atoms with Gasteiger partial charge in [0.25, 0.3) is 0 Å². The maximum absolute atomic E-state index is 3.36. The highest BCUT2D eigenvalue weighted by Gasteiger charge is 1.87. The fraction of sp³-hybridized carbons (Fsp3) is 0.667. The van der Waals surface area contributed by atoms with Crippen LogP contribution in [0.3, 0.4) is 0 Å². The van der Waals surface area contributed by atoms with Crippen LogP contribution in [0.25, 0.3) is 0 Å². The Hall–Kier alpha value is 0.220. The van der Waals surface area contributed by atoms with Crippen LogP contribution in [0.1, 0.15) is 13.8 Å². The molecule has 0 aliphatic heterocycles. The van der Waals surface area contributed by atoms with Gasteiger partial charge in [0, 0.05) is 5.33 Å². The lowest BCUT2D eigenvalue weighted by atomic mass is 10.2. The van der Waals surface area contributed by atoms with Crippen molar-refractivity contribution >= 4 is 15.9 Å². The molecule has 1 atom stereocenters. The Kier molecular flexibility index (Phi) is 4.52. The number of hydrogen-bond donors (Lipinski definition) is 0. The van der Waals surface area contributed by atoms with Crippen molar-refractivity contribution in [1.82, 2.24) is 0 Å². The van der Waals surface area contributed by atoms with Gasteiger partial charge in [-0.15, -0.1) is 0 Å². The van der Waals surface area contributed by atoms with E-state index in [-0.39, 0.29) is 0 Å². The quantitative estimate of drug-likeness (QED) is 0.433. The topological polar surface area (TPSA) is 0 Å². The number of allylic oxidation sites excluding steroid dienone is 2. The molecule has 0 fully saturated rings. The Labute approximate surface area is 53.7 Å². The second kappa shape index (κ2) is 4.38. The summed E-state index contributed by atoms with van der Waals surface area (Å²) < 4.78 is 0. The summed E-state index contributed by atoms with van der Waals surface area (Å²) in [5, 5.41) is 1.07. The van der Waals surface area contributed by atoms with Gasteiger partial charge in [0.05, 0.1) is 0 Å². The summed E-state index contributed by atoms with van der Waals surface area (Å²) in [6.07, 6.45) is 4.25. The maximum atomic E-state index is 3.36. The minimum atomic E-state index is 0.685. The molecule has 0 amide bonds. The van der Waals surface area contributed by atoms with E-state index in [1.54, 1.807) is 0 Å². The van der Waals surface area contributed by atoms with E-state index in [1.807, 2.05) is 6.92 Å². The van der Waals surface area contributed by atoms with E-state index in [1.165, 1.54) is 0 Å². The average Bonchev–Trinajstić information content (AvgIpc) is 1.68. The van der Waals surface area contributed by atoms with Crippen molar-refractivity contribution in [2.45, 2.75) is 13.8 Å². The van der Waals surface area contributed by atoms with Gasteiger partial charge in [-0.1, -0.05) is 35.0 Å². The first kappa shape index (κ1) is 7.22. The van der Waals surface area contributed by atoms with Crippen LogP contribution in [0.4, 0.5) is 0 Å². The van der Waals surface area contributed by atoms with Crippen molar-refractivity contribution in [2.75, 3.05) is 5.33 Å². The lowest BCUT2D eigenvalue weighted by Crippen LogP contribution is -1.86. The molecule has 0 aliphatic rings. The molecule has 7 heavy (non-hydrogen) atoms. The smallest absolute Gasteiger partial charge is 0.00916 e. The van der Waals surface area contributed by atoms with Gasteiger partial charge in [0.1, 0.15) is 0 Å². The lowest BCUT2D eigenvalue weighted by Gasteiger charge is -1.94. The number of hydrogen-bond acceptors (Lipinski definition) is 0. The second-order valence-electron chi connectivity index (χ2n) is 1.66. The first-order valence-electron chi connectivity index (χ1n) is 2.50. The van der Waals surface area contributed by atoms with E-state index < -0.39 is 0 Å². The molecule has 0 spiro atoms. The van der Waals surface area contributed by atoms with Crippen molar-refractivity contribution in [3.63, 3.8) is 0 Å². The Balaban J connectivity index is 3.16. The summed E-state index contributed by atoms with van der Waals surface area (Å²) in [6.45, 7) is 4.22. The molecular weight excluding hydrogens is 152 g/mol. The second-order valence-corrected chi connectivity index (χ2v) is 2.30. The summed E-state index contributed by atoms with van der Waals surface area (Å²) in [6, 6.07) is 0. The molecule has 0 saturated carbocycles. The highest BCUT2D eigenvalue weighted by Crippen LogP contribution is 1.99. The summed E-state index contributed by atoms with van der Waals surface area (Å²) in [5.74, 6) is 0.685. The molecule has 0 radical (unpaired) electrons. The monoisotopic (exact) mass is 162 g/mol. The highest BCUT2D eigenvalue weighted by molar-refractivity contribution is 9.09. The molecule has 0 nitrogen and oxygen atoms in total. The van der Waals surface area contributed by atoms with Crippen LogP contribution in [0.5, 0.6) is 0 Å². The molecule has 1 unspecified atom stereocenters. The van der Waals surface area contributed by atoms with E-state index in [0.717, 1.165) is 5.33 Å². The molecular formula is C6H11Br. The molecule has 42 valence electrons. The largest absolute Gasteiger partial charge is 0.0922 e. The molecule has 0 heterocycles. The third kappa shape index (κ3) is 4.07. The Morgan fingerprint density at radius 2 is 2.29 bits per heavy atom. The van der Waals surface area contributed by atoms with Crippen LogP contribution >= 0.6 is 15.9 Å². The van der Waals surface area contributed by atoms with E-state index in [2.05, 4.69) is 35.0 Å². The first-order chi connectivity index (χ1) is 3.31. The minimum Gasteiger partial charge on any atom is -0.0922 e. The third-order valence-corrected chi connectivity index (χ3v) is 1.79. The Morgan fingerprint density at radius 1 is 1.71 bits per heavy atom. The Morgan fingerprint density at radius 3 is 2.43 bits per heavy atom. The van der Waals surface area contributed by atoms with Gasteiger partial charge in [-0.2, -0.15) is 0 Å². The van der Waals surface area contributed by atoms with Gasteiger partial charge in [-0.3, -0.25) is 0 Å². The van der Waals surface area contributed by atoms with Gasteiger partial charge < -0.3 is 0 Å². The molecule has 0 aromatic heterocycles. The molecule has 0 N–H and O–H groups in total. The average molecular weight is 163 g/mol. The van der Waals surface area contributed by atoms with Crippen LogP contribution in [0.15, 0.2) is 12.2 Å². The summed E-state index contributed by atoms with van der Waals surface area (Å²) in [5.41, 5.74) is 0. The lowest BCUT2D eigenvalue weighted by molar-refractivity contribution is 0.852. The normalized spacial score (nSPS) is 15.3. The number of alkyl halides is 1. The molecule has 0 aromatic rings. The molecule has 0 aliphatic carbocycles. The van der Waals surface area contributed by atoms with Crippen LogP contribution in [0.2, 0.25) is 0 Å². The van der Waals surface area contributed by atoms with Gasteiger partial charge >= 0.3 is 0 Å². The molecule has 0 aromatic carbocycles. The van der Waals surface area contributed by atoms with Gasteiger partial charge in [-0.05, 0) is 12.8 Å². The van der Waals surface area contributed by atoms with Crippen LogP contribution in [-0.2, 0) is 0 Å². The third-order valence-electron chi connectivity index (χ3n) is 0.764. The first-order valence-corrected chi connectivity index (χ1v) is 3.62. The number of halogens is 1. The van der Waals surface area contributed by atoms with E-state index >= 15 is 0 Å². The van der Waals surface area contributed by atoms with Crippen molar-refractivity contribution in [1.29, 1.82) is 0 Å². The van der Waals surface area contributed by atoms with Gasteiger partial charge in [-0.25, -0.2) is 0 Å². The Bertz CT molecular complexity index is 57.2. The summed E-state index contributed by atoms with van der Waals surface area (Å²) in [7, 11) is 0.